The van der Waals surface area contributed by atoms with Gasteiger partial charge >= 0.3 is 0 Å². The minimum Gasteiger partial charge on any atom is -0.351 e. The standard InChI is InChI=1S/C16H18ClN5/c1-20-6-8-21(9-7-20)16-15-18-4-5-22(15)11-12-2-3-13(17)10-14(12)19-16/h2-5,10H,6-9,11H2,1H3. The average Bonchev–Trinajstić information content (AvgIpc) is 2.91. The first-order valence-electron chi connectivity index (χ1n) is 7.53. The Hall–Kier alpha value is -1.85. The maximum atomic E-state index is 6.16. The van der Waals surface area contributed by atoms with Gasteiger partial charge in [0.1, 0.15) is 0 Å². The SMILES string of the molecule is CN1CCN(C2=Nc3cc(Cl)ccc3Cn3ccnc32)CC1. The zero-order chi connectivity index (χ0) is 15.1. The third-order valence-electron chi connectivity index (χ3n) is 4.33. The monoisotopic (exact) mass is 315 g/mol. The number of fused-ring (bicyclic) bond motifs is 2. The van der Waals surface area contributed by atoms with Crippen molar-refractivity contribution in [3.8, 4) is 0 Å². The van der Waals surface area contributed by atoms with Crippen molar-refractivity contribution in [3.63, 3.8) is 0 Å². The first-order valence-corrected chi connectivity index (χ1v) is 7.90. The van der Waals surface area contributed by atoms with Crippen LogP contribution < -0.4 is 0 Å². The summed E-state index contributed by atoms with van der Waals surface area (Å²) in [6, 6.07) is 5.92. The topological polar surface area (TPSA) is 36.7 Å². The lowest BCUT2D eigenvalue weighted by molar-refractivity contribution is 0.215. The minimum absolute atomic E-state index is 0.722. The molecule has 0 radical (unpaired) electrons. The number of halogens is 1. The van der Waals surface area contributed by atoms with E-state index in [1.54, 1.807) is 0 Å². The first-order chi connectivity index (χ1) is 10.7. The van der Waals surface area contributed by atoms with E-state index in [0.717, 1.165) is 55.1 Å². The second-order valence-corrected chi connectivity index (χ2v) is 6.31. The van der Waals surface area contributed by atoms with E-state index in [1.807, 2.05) is 24.5 Å². The number of hydrogen-bond acceptors (Lipinski definition) is 4. The van der Waals surface area contributed by atoms with Gasteiger partial charge in [-0.3, -0.25) is 0 Å². The molecular formula is C16H18ClN5. The predicted octanol–water partition coefficient (Wildman–Crippen LogP) is 2.22. The molecule has 2 aliphatic rings. The number of likely N-dealkylation sites (N-methyl/N-ethyl adjacent to an activating group) is 1. The molecule has 3 heterocycles. The molecule has 0 amide bonds. The highest BCUT2D eigenvalue weighted by Gasteiger charge is 2.25. The molecule has 1 aromatic heterocycles. The quantitative estimate of drug-likeness (QED) is 0.748. The summed E-state index contributed by atoms with van der Waals surface area (Å²) >= 11 is 6.16. The van der Waals surface area contributed by atoms with Gasteiger partial charge in [-0.2, -0.15) is 0 Å². The van der Waals surface area contributed by atoms with Crippen LogP contribution in [-0.2, 0) is 6.54 Å². The van der Waals surface area contributed by atoms with Gasteiger partial charge in [0.05, 0.1) is 12.2 Å². The van der Waals surface area contributed by atoms with Crippen LogP contribution in [0.1, 0.15) is 11.4 Å². The van der Waals surface area contributed by atoms with Crippen LogP contribution in [0, 0.1) is 0 Å². The van der Waals surface area contributed by atoms with Crippen molar-refractivity contribution in [1.82, 2.24) is 19.4 Å². The Morgan fingerprint density at radius 2 is 1.95 bits per heavy atom. The molecule has 2 aromatic rings. The van der Waals surface area contributed by atoms with E-state index in [-0.39, 0.29) is 0 Å². The van der Waals surface area contributed by atoms with Gasteiger partial charge in [0.25, 0.3) is 0 Å². The van der Waals surface area contributed by atoms with Crippen LogP contribution in [0.3, 0.4) is 0 Å². The van der Waals surface area contributed by atoms with Crippen molar-refractivity contribution in [2.45, 2.75) is 6.54 Å². The summed E-state index contributed by atoms with van der Waals surface area (Å²) < 4.78 is 2.16. The normalized spacial score (nSPS) is 18.5. The number of imidazole rings is 1. The van der Waals surface area contributed by atoms with Gasteiger partial charge in [0, 0.05) is 43.6 Å². The number of piperazine rings is 1. The largest absolute Gasteiger partial charge is 0.351 e. The fourth-order valence-corrected chi connectivity index (χ4v) is 3.16. The maximum absolute atomic E-state index is 6.16. The number of hydrogen-bond donors (Lipinski definition) is 0. The van der Waals surface area contributed by atoms with Crippen molar-refractivity contribution < 1.29 is 0 Å². The molecule has 22 heavy (non-hydrogen) atoms. The van der Waals surface area contributed by atoms with E-state index in [0.29, 0.717) is 0 Å². The summed E-state index contributed by atoms with van der Waals surface area (Å²) in [6.07, 6.45) is 3.87. The molecule has 0 saturated carbocycles. The van der Waals surface area contributed by atoms with Gasteiger partial charge in [-0.25, -0.2) is 9.98 Å². The molecule has 1 saturated heterocycles. The number of aliphatic imine (C=N–C) groups is 1. The molecule has 1 fully saturated rings. The Morgan fingerprint density at radius 1 is 1.14 bits per heavy atom. The first kappa shape index (κ1) is 13.8. The third-order valence-corrected chi connectivity index (χ3v) is 4.57. The van der Waals surface area contributed by atoms with E-state index in [1.165, 1.54) is 5.56 Å². The van der Waals surface area contributed by atoms with Gasteiger partial charge in [-0.15, -0.1) is 0 Å². The summed E-state index contributed by atoms with van der Waals surface area (Å²) in [6.45, 7) is 4.81. The van der Waals surface area contributed by atoms with Gasteiger partial charge in [0.2, 0.25) is 0 Å². The van der Waals surface area contributed by atoms with Crippen LogP contribution in [0.4, 0.5) is 5.69 Å². The fourth-order valence-electron chi connectivity index (χ4n) is 3.00. The second kappa shape index (κ2) is 5.41. The summed E-state index contributed by atoms with van der Waals surface area (Å²) in [5, 5.41) is 0.722. The summed E-state index contributed by atoms with van der Waals surface area (Å²) in [5.41, 5.74) is 2.12. The number of rotatable bonds is 0. The number of nitrogens with zero attached hydrogens (tertiary/aromatic N) is 5. The predicted molar refractivity (Wildman–Crippen MR) is 88.0 cm³/mol. The Kier molecular flexibility index (Phi) is 3.39. The Morgan fingerprint density at radius 3 is 2.77 bits per heavy atom. The van der Waals surface area contributed by atoms with Crippen LogP contribution in [0.5, 0.6) is 0 Å². The molecule has 114 valence electrons. The molecule has 2 aliphatic heterocycles. The summed E-state index contributed by atoms with van der Waals surface area (Å²) in [4.78, 5) is 14.1. The van der Waals surface area contributed by atoms with Crippen LogP contribution in [0.15, 0.2) is 35.6 Å². The number of benzene rings is 1. The summed E-state index contributed by atoms with van der Waals surface area (Å²) in [7, 11) is 2.16. The van der Waals surface area contributed by atoms with E-state index in [9.17, 15) is 0 Å². The number of amidine groups is 1. The molecule has 5 nitrogen and oxygen atoms in total. The van der Waals surface area contributed by atoms with Crippen molar-refractivity contribution in [2.24, 2.45) is 4.99 Å². The van der Waals surface area contributed by atoms with Crippen molar-refractivity contribution in [2.75, 3.05) is 33.2 Å². The van der Waals surface area contributed by atoms with Gasteiger partial charge in [0.15, 0.2) is 11.7 Å². The Labute approximate surface area is 134 Å². The molecule has 6 heteroatoms. The highest BCUT2D eigenvalue weighted by Crippen LogP contribution is 2.29. The zero-order valence-electron chi connectivity index (χ0n) is 12.5. The smallest absolute Gasteiger partial charge is 0.176 e. The highest BCUT2D eigenvalue weighted by molar-refractivity contribution is 6.30. The molecule has 0 aliphatic carbocycles. The van der Waals surface area contributed by atoms with Crippen molar-refractivity contribution >= 4 is 23.1 Å². The van der Waals surface area contributed by atoms with Crippen molar-refractivity contribution in [3.05, 3.63) is 47.0 Å². The van der Waals surface area contributed by atoms with Crippen LogP contribution >= 0.6 is 11.6 Å². The molecule has 0 N–H and O–H groups in total. The molecule has 4 rings (SSSR count). The van der Waals surface area contributed by atoms with Gasteiger partial charge in [-0.05, 0) is 24.7 Å². The lowest BCUT2D eigenvalue weighted by Crippen LogP contribution is -2.47. The minimum atomic E-state index is 0.722. The highest BCUT2D eigenvalue weighted by atomic mass is 35.5. The fraction of sp³-hybridized carbons (Fsp3) is 0.375. The lowest BCUT2D eigenvalue weighted by Gasteiger charge is -2.34. The molecule has 1 aromatic carbocycles. The molecule has 0 atom stereocenters. The van der Waals surface area contributed by atoms with E-state index >= 15 is 0 Å². The van der Waals surface area contributed by atoms with Gasteiger partial charge < -0.3 is 14.4 Å². The average molecular weight is 316 g/mol. The van der Waals surface area contributed by atoms with E-state index in [4.69, 9.17) is 16.6 Å². The Balaban J connectivity index is 1.80. The summed E-state index contributed by atoms with van der Waals surface area (Å²) in [5.74, 6) is 1.90. The molecule has 0 unspecified atom stereocenters. The van der Waals surface area contributed by atoms with Crippen LogP contribution in [0.2, 0.25) is 5.02 Å². The maximum Gasteiger partial charge on any atom is 0.176 e. The number of aromatic nitrogens is 2. The molecule has 0 spiro atoms. The van der Waals surface area contributed by atoms with Crippen molar-refractivity contribution in [1.29, 1.82) is 0 Å². The van der Waals surface area contributed by atoms with Crippen LogP contribution in [-0.4, -0.2) is 58.4 Å². The molecular weight excluding hydrogens is 298 g/mol. The lowest BCUT2D eigenvalue weighted by atomic mass is 10.2. The Bertz CT molecular complexity index is 728. The van der Waals surface area contributed by atoms with Gasteiger partial charge in [-0.1, -0.05) is 17.7 Å². The van der Waals surface area contributed by atoms with E-state index in [2.05, 4.69) is 32.5 Å². The second-order valence-electron chi connectivity index (χ2n) is 5.88. The molecule has 0 bridgehead atoms. The zero-order valence-corrected chi connectivity index (χ0v) is 13.3. The van der Waals surface area contributed by atoms with E-state index < -0.39 is 0 Å². The third kappa shape index (κ3) is 2.40. The van der Waals surface area contributed by atoms with Crippen LogP contribution in [0.25, 0.3) is 0 Å².